The van der Waals surface area contributed by atoms with Gasteiger partial charge in [-0.15, -0.1) is 6.58 Å². The monoisotopic (exact) mass is 232 g/mol. The molecule has 0 saturated carbocycles. The number of nitrogens with one attached hydrogen (secondary N) is 1. The molecule has 2 nitrogen and oxygen atoms in total. The third-order valence-corrected chi connectivity index (χ3v) is 3.16. The van der Waals surface area contributed by atoms with Gasteiger partial charge in [0.25, 0.3) is 0 Å². The van der Waals surface area contributed by atoms with Gasteiger partial charge in [0.05, 0.1) is 0 Å². The van der Waals surface area contributed by atoms with Crippen LogP contribution in [0.4, 0.5) is 0 Å². The predicted molar refractivity (Wildman–Crippen MR) is 75.0 cm³/mol. The zero-order valence-corrected chi connectivity index (χ0v) is 10.8. The Kier molecular flexibility index (Phi) is 5.95. The molecule has 17 heavy (non-hydrogen) atoms. The van der Waals surface area contributed by atoms with Crippen LogP contribution in [0.25, 0.3) is 0 Å². The molecule has 1 aromatic carbocycles. The van der Waals surface area contributed by atoms with E-state index in [2.05, 4.69) is 43.1 Å². The standard InChI is InChI=1S/C15H24N2/c1-3-4-12-17-15(2,13-16)11-10-14-8-6-5-7-9-14/h3,5-9,17H,1,4,10-13,16H2,2H3. The van der Waals surface area contributed by atoms with Gasteiger partial charge in [-0.05, 0) is 38.3 Å². The molecule has 0 amide bonds. The number of hydrogen-bond donors (Lipinski definition) is 2. The van der Waals surface area contributed by atoms with Crippen LogP contribution in [0, 0.1) is 0 Å². The molecule has 1 rings (SSSR count). The van der Waals surface area contributed by atoms with E-state index in [0.29, 0.717) is 6.54 Å². The van der Waals surface area contributed by atoms with E-state index in [1.54, 1.807) is 0 Å². The number of rotatable bonds is 8. The molecule has 0 radical (unpaired) electrons. The number of aryl methyl sites for hydroxylation is 1. The van der Waals surface area contributed by atoms with Gasteiger partial charge in [0.2, 0.25) is 0 Å². The minimum absolute atomic E-state index is 0.0266. The van der Waals surface area contributed by atoms with E-state index in [9.17, 15) is 0 Å². The summed E-state index contributed by atoms with van der Waals surface area (Å²) in [6.07, 6.45) is 5.04. The Hall–Kier alpha value is -1.12. The van der Waals surface area contributed by atoms with Crippen molar-refractivity contribution >= 4 is 0 Å². The molecule has 0 aliphatic heterocycles. The summed E-state index contributed by atoms with van der Waals surface area (Å²) in [7, 11) is 0. The van der Waals surface area contributed by atoms with Crippen molar-refractivity contribution in [3.8, 4) is 0 Å². The molecule has 0 aliphatic rings. The number of hydrogen-bond acceptors (Lipinski definition) is 2. The Bertz CT molecular complexity index is 321. The fourth-order valence-corrected chi connectivity index (χ4v) is 1.80. The molecule has 2 heteroatoms. The van der Waals surface area contributed by atoms with Gasteiger partial charge in [-0.1, -0.05) is 36.4 Å². The van der Waals surface area contributed by atoms with Crippen LogP contribution in [0.2, 0.25) is 0 Å². The first-order valence-electron chi connectivity index (χ1n) is 6.30. The number of nitrogens with two attached hydrogens (primary N) is 1. The maximum atomic E-state index is 5.87. The Balaban J connectivity index is 2.42. The average Bonchev–Trinajstić information content (AvgIpc) is 2.38. The van der Waals surface area contributed by atoms with Crippen LogP contribution in [0.15, 0.2) is 43.0 Å². The van der Waals surface area contributed by atoms with Gasteiger partial charge in [0, 0.05) is 12.1 Å². The molecular weight excluding hydrogens is 208 g/mol. The van der Waals surface area contributed by atoms with E-state index in [1.165, 1.54) is 5.56 Å². The normalized spacial score (nSPS) is 14.2. The molecule has 1 aromatic rings. The van der Waals surface area contributed by atoms with Gasteiger partial charge >= 0.3 is 0 Å². The lowest BCUT2D eigenvalue weighted by Gasteiger charge is -2.29. The minimum atomic E-state index is 0.0266. The van der Waals surface area contributed by atoms with Gasteiger partial charge in [-0.2, -0.15) is 0 Å². The molecular formula is C15H24N2. The highest BCUT2D eigenvalue weighted by molar-refractivity contribution is 5.15. The van der Waals surface area contributed by atoms with E-state index in [1.807, 2.05) is 12.1 Å². The molecule has 0 saturated heterocycles. The van der Waals surface area contributed by atoms with E-state index in [-0.39, 0.29) is 5.54 Å². The molecule has 0 aromatic heterocycles. The molecule has 0 fully saturated rings. The predicted octanol–water partition coefficient (Wildman–Crippen LogP) is 2.50. The van der Waals surface area contributed by atoms with Gasteiger partial charge in [0.1, 0.15) is 0 Å². The summed E-state index contributed by atoms with van der Waals surface area (Å²) in [4.78, 5) is 0. The molecule has 1 unspecified atom stereocenters. The van der Waals surface area contributed by atoms with Crippen LogP contribution in [0.5, 0.6) is 0 Å². The lowest BCUT2D eigenvalue weighted by molar-refractivity contribution is 0.343. The van der Waals surface area contributed by atoms with Gasteiger partial charge in [0.15, 0.2) is 0 Å². The fourth-order valence-electron chi connectivity index (χ4n) is 1.80. The smallest absolute Gasteiger partial charge is 0.0278 e. The summed E-state index contributed by atoms with van der Waals surface area (Å²) in [6.45, 7) is 7.54. The van der Waals surface area contributed by atoms with Crippen LogP contribution in [-0.2, 0) is 6.42 Å². The Labute approximate surface area is 105 Å². The number of benzene rings is 1. The van der Waals surface area contributed by atoms with Gasteiger partial charge in [-0.3, -0.25) is 0 Å². The summed E-state index contributed by atoms with van der Waals surface area (Å²) >= 11 is 0. The van der Waals surface area contributed by atoms with Crippen molar-refractivity contribution in [1.29, 1.82) is 0 Å². The second-order valence-corrected chi connectivity index (χ2v) is 4.75. The van der Waals surface area contributed by atoms with Crippen molar-refractivity contribution < 1.29 is 0 Å². The van der Waals surface area contributed by atoms with E-state index < -0.39 is 0 Å². The Morgan fingerprint density at radius 3 is 2.65 bits per heavy atom. The first-order valence-corrected chi connectivity index (χ1v) is 6.30. The second-order valence-electron chi connectivity index (χ2n) is 4.75. The first kappa shape index (κ1) is 13.9. The highest BCUT2D eigenvalue weighted by atomic mass is 15.0. The van der Waals surface area contributed by atoms with Crippen LogP contribution in [0.1, 0.15) is 25.3 Å². The Morgan fingerprint density at radius 1 is 1.35 bits per heavy atom. The zero-order valence-electron chi connectivity index (χ0n) is 10.8. The molecule has 0 aliphatic carbocycles. The summed E-state index contributed by atoms with van der Waals surface area (Å²) in [5, 5.41) is 3.52. The minimum Gasteiger partial charge on any atom is -0.329 e. The SMILES string of the molecule is C=CCCNC(C)(CN)CCc1ccccc1. The highest BCUT2D eigenvalue weighted by Crippen LogP contribution is 2.13. The van der Waals surface area contributed by atoms with Crippen molar-refractivity contribution in [3.63, 3.8) is 0 Å². The lowest BCUT2D eigenvalue weighted by Crippen LogP contribution is -2.49. The largest absolute Gasteiger partial charge is 0.329 e. The maximum absolute atomic E-state index is 5.87. The summed E-state index contributed by atoms with van der Waals surface area (Å²) in [5.41, 5.74) is 7.26. The summed E-state index contributed by atoms with van der Waals surface area (Å²) in [6, 6.07) is 10.6. The quantitative estimate of drug-likeness (QED) is 0.534. The van der Waals surface area contributed by atoms with Crippen molar-refractivity contribution in [2.75, 3.05) is 13.1 Å². The molecule has 3 N–H and O–H groups in total. The third-order valence-electron chi connectivity index (χ3n) is 3.16. The molecule has 0 bridgehead atoms. The van der Waals surface area contributed by atoms with Crippen LogP contribution in [-0.4, -0.2) is 18.6 Å². The van der Waals surface area contributed by atoms with Crippen molar-refractivity contribution in [2.24, 2.45) is 5.73 Å². The van der Waals surface area contributed by atoms with Crippen LogP contribution >= 0.6 is 0 Å². The highest BCUT2D eigenvalue weighted by Gasteiger charge is 2.20. The molecule has 94 valence electrons. The van der Waals surface area contributed by atoms with Crippen molar-refractivity contribution in [2.45, 2.75) is 31.7 Å². The second kappa shape index (κ2) is 7.25. The first-order chi connectivity index (χ1) is 8.20. The third kappa shape index (κ3) is 5.16. The van der Waals surface area contributed by atoms with E-state index >= 15 is 0 Å². The molecule has 0 heterocycles. The lowest BCUT2D eigenvalue weighted by atomic mass is 9.93. The van der Waals surface area contributed by atoms with E-state index in [0.717, 1.165) is 25.8 Å². The fraction of sp³-hybridized carbons (Fsp3) is 0.467. The molecule has 1 atom stereocenters. The average molecular weight is 232 g/mol. The summed E-state index contributed by atoms with van der Waals surface area (Å²) in [5.74, 6) is 0. The topological polar surface area (TPSA) is 38.0 Å². The zero-order chi connectivity index (χ0) is 12.6. The van der Waals surface area contributed by atoms with Crippen molar-refractivity contribution in [1.82, 2.24) is 5.32 Å². The maximum Gasteiger partial charge on any atom is 0.0278 e. The Morgan fingerprint density at radius 2 is 2.06 bits per heavy atom. The van der Waals surface area contributed by atoms with Crippen LogP contribution < -0.4 is 11.1 Å². The van der Waals surface area contributed by atoms with Crippen molar-refractivity contribution in [3.05, 3.63) is 48.6 Å². The van der Waals surface area contributed by atoms with E-state index in [4.69, 9.17) is 5.73 Å². The molecule has 0 spiro atoms. The van der Waals surface area contributed by atoms with Gasteiger partial charge < -0.3 is 11.1 Å². The summed E-state index contributed by atoms with van der Waals surface area (Å²) < 4.78 is 0. The van der Waals surface area contributed by atoms with Crippen LogP contribution in [0.3, 0.4) is 0 Å². The van der Waals surface area contributed by atoms with Gasteiger partial charge in [-0.25, -0.2) is 0 Å².